The Morgan fingerprint density at radius 3 is 1.51 bits per heavy atom. The molecule has 0 N–H and O–H groups in total. The van der Waals surface area contributed by atoms with Gasteiger partial charge in [0.1, 0.15) is 0 Å². The van der Waals surface area contributed by atoms with Crippen molar-refractivity contribution < 1.29 is 19.5 Å². The third kappa shape index (κ3) is 6.21. The van der Waals surface area contributed by atoms with E-state index in [4.69, 9.17) is 39.9 Å². The molecule has 0 unspecified atom stereocenters. The maximum atomic E-state index is 5.25. The summed E-state index contributed by atoms with van der Waals surface area (Å²) in [5.41, 5.74) is 6.80. The van der Waals surface area contributed by atoms with Gasteiger partial charge >= 0.3 is 19.5 Å². The minimum atomic E-state index is 0. The molecule has 2 aliphatic heterocycles. The summed E-state index contributed by atoms with van der Waals surface area (Å²) in [5.74, 6) is 2.18. The molecule has 11 rings (SSSR count). The topological polar surface area (TPSA) is 106 Å². The monoisotopic (exact) mass is 824 g/mol. The van der Waals surface area contributed by atoms with Crippen LogP contribution in [0, 0.1) is 0 Å². The molecule has 9 aromatic rings. The van der Waals surface area contributed by atoms with Gasteiger partial charge in [0.15, 0.2) is 0 Å². The molecule has 270 valence electrons. The minimum absolute atomic E-state index is 0. The second kappa shape index (κ2) is 14.6. The maximum Gasteiger partial charge on any atom is 2.00 e. The van der Waals surface area contributed by atoms with Crippen molar-refractivity contribution in [1.82, 2.24) is 39.9 Å². The quantitative estimate of drug-likeness (QED) is 0.116. The van der Waals surface area contributed by atoms with E-state index in [9.17, 15) is 0 Å². The largest absolute Gasteiger partial charge is 2.00 e. The molecule has 5 aromatic heterocycles. The zero-order valence-electron chi connectivity index (χ0n) is 31.1. The summed E-state index contributed by atoms with van der Waals surface area (Å²) in [6.07, 6.45) is 6.22. The van der Waals surface area contributed by atoms with Crippen LogP contribution in [0.4, 0.5) is 0 Å². The van der Waals surface area contributed by atoms with E-state index in [2.05, 4.69) is 49.4 Å². The Hall–Kier alpha value is -5.74. The van der Waals surface area contributed by atoms with Crippen LogP contribution in [0.3, 0.4) is 0 Å². The average molecular weight is 826 g/mol. The molecule has 8 bridgehead atoms. The molecule has 0 aliphatic carbocycles. The first kappa shape index (κ1) is 35.7. The average Bonchev–Trinajstić information content (AvgIpc) is 4.10. The Labute approximate surface area is 349 Å². The fraction of sp³-hybridized carbons (Fsp3) is 0.130. The van der Waals surface area contributed by atoms with Gasteiger partial charge in [-0.2, -0.15) is 0 Å². The fourth-order valence-electron chi connectivity index (χ4n) is 7.75. The Balaban J connectivity index is 0.00000396. The van der Waals surface area contributed by atoms with Gasteiger partial charge in [-0.1, -0.05) is 117 Å². The second-order valence-corrected chi connectivity index (χ2v) is 16.3. The van der Waals surface area contributed by atoms with Gasteiger partial charge in [-0.05, 0) is 53.3 Å². The van der Waals surface area contributed by atoms with Crippen LogP contribution in [0.1, 0.15) is 37.5 Å². The maximum absolute atomic E-state index is 5.25. The Bertz CT molecular complexity index is 3170. The molecule has 2 aliphatic rings. The van der Waals surface area contributed by atoms with E-state index in [1.165, 1.54) is 40.3 Å². The zero-order valence-corrected chi connectivity index (χ0v) is 35.7. The number of rotatable bonds is 7. The standard InChI is InChI=1S/C46H32N8S2.Zn/c1-2-3-4-5-13-26-22-23-36(55-26)37-25-24-35(56-37)33-20-12-21-34-38(33)46-53-44-32-19-11-10-18-31(32)42(51-44)49-40-28-15-7-6-14-27(28)39(47-40)48-41-29-16-8-9-17-30(29)43(50-41)52-45(34)54-46;/h6-12,14-25H,2-5,13H2,1H3;/q-2;+2. The molecule has 0 atom stereocenters. The molecule has 0 fully saturated rings. The molecule has 0 saturated heterocycles. The van der Waals surface area contributed by atoms with E-state index in [-0.39, 0.29) is 19.5 Å². The number of nitrogens with zero attached hydrogens (tertiary/aromatic N) is 8. The molecule has 8 nitrogen and oxygen atoms in total. The first-order valence-electron chi connectivity index (χ1n) is 19.0. The third-order valence-electron chi connectivity index (χ3n) is 10.5. The summed E-state index contributed by atoms with van der Waals surface area (Å²) in [5, 5.41) is 3.60. The first-order valence-corrected chi connectivity index (χ1v) is 20.6. The van der Waals surface area contributed by atoms with Crippen molar-refractivity contribution in [3.05, 3.63) is 120 Å². The minimum Gasteiger partial charge on any atom is -0.357 e. The van der Waals surface area contributed by atoms with Crippen molar-refractivity contribution in [2.45, 2.75) is 39.0 Å². The van der Waals surface area contributed by atoms with E-state index in [1.807, 2.05) is 84.1 Å². The number of aromatic nitrogens is 8. The molecule has 0 radical (unpaired) electrons. The predicted octanol–water partition coefficient (Wildman–Crippen LogP) is 11.7. The number of fused-ring (bicyclic) bond motifs is 20. The fourth-order valence-corrected chi connectivity index (χ4v) is 9.92. The van der Waals surface area contributed by atoms with Crippen molar-refractivity contribution in [3.63, 3.8) is 0 Å². The molecule has 4 aromatic carbocycles. The van der Waals surface area contributed by atoms with E-state index in [0.717, 1.165) is 60.7 Å². The van der Waals surface area contributed by atoms with Crippen LogP contribution in [0.25, 0.3) is 110 Å². The number of aryl methyl sites for hydroxylation is 1. The Kier molecular flexibility index (Phi) is 9.16. The van der Waals surface area contributed by atoms with Gasteiger partial charge in [0.2, 0.25) is 0 Å². The number of unbranched alkanes of at least 4 members (excludes halogenated alkanes) is 3. The zero-order chi connectivity index (χ0) is 37.2. The molecular formula is C46H32N8S2Zn. The van der Waals surface area contributed by atoms with Gasteiger partial charge in [-0.25, -0.2) is 9.97 Å². The summed E-state index contributed by atoms with van der Waals surface area (Å²) in [4.78, 5) is 45.9. The van der Waals surface area contributed by atoms with E-state index in [0.29, 0.717) is 45.9 Å². The van der Waals surface area contributed by atoms with Gasteiger partial charge in [0.25, 0.3) is 0 Å². The van der Waals surface area contributed by atoms with Crippen LogP contribution in [-0.4, -0.2) is 29.9 Å². The van der Waals surface area contributed by atoms with Gasteiger partial charge in [-0.15, -0.1) is 22.7 Å². The van der Waals surface area contributed by atoms with Crippen molar-refractivity contribution in [3.8, 4) is 65.7 Å². The number of thiophene rings is 2. The van der Waals surface area contributed by atoms with Crippen molar-refractivity contribution >= 4 is 66.8 Å². The normalized spacial score (nSPS) is 11.8. The Morgan fingerprint density at radius 2 is 0.895 bits per heavy atom. The third-order valence-corrected chi connectivity index (χ3v) is 13.0. The molecule has 11 heteroatoms. The molecule has 0 saturated carbocycles. The molecule has 57 heavy (non-hydrogen) atoms. The van der Waals surface area contributed by atoms with Crippen LogP contribution in [0.2, 0.25) is 0 Å². The van der Waals surface area contributed by atoms with Crippen molar-refractivity contribution in [2.75, 3.05) is 0 Å². The second-order valence-electron chi connectivity index (χ2n) is 14.1. The van der Waals surface area contributed by atoms with Crippen molar-refractivity contribution in [2.24, 2.45) is 0 Å². The van der Waals surface area contributed by atoms with Crippen molar-refractivity contribution in [1.29, 1.82) is 0 Å². The van der Waals surface area contributed by atoms with Gasteiger partial charge in [0, 0.05) is 75.3 Å². The summed E-state index contributed by atoms with van der Waals surface area (Å²) in [6.45, 7) is 2.26. The van der Waals surface area contributed by atoms with Crippen LogP contribution >= 0.6 is 22.7 Å². The summed E-state index contributed by atoms with van der Waals surface area (Å²) in [6, 6.07) is 39.5. The number of benzene rings is 4. The number of hydrogen-bond acceptors (Lipinski definition) is 8. The van der Waals surface area contributed by atoms with E-state index in [1.54, 1.807) is 11.3 Å². The molecule has 7 heterocycles. The van der Waals surface area contributed by atoms with Gasteiger partial charge < -0.3 is 29.9 Å². The molecular weight excluding hydrogens is 794 g/mol. The van der Waals surface area contributed by atoms with Crippen LogP contribution in [0.15, 0.2) is 115 Å². The predicted molar refractivity (Wildman–Crippen MR) is 228 cm³/mol. The number of hydrogen-bond donors (Lipinski definition) is 0. The van der Waals surface area contributed by atoms with Gasteiger partial charge in [0.05, 0.1) is 23.3 Å². The summed E-state index contributed by atoms with van der Waals surface area (Å²) >= 11 is 3.70. The summed E-state index contributed by atoms with van der Waals surface area (Å²) < 4.78 is 0. The smallest absolute Gasteiger partial charge is 0.357 e. The molecule has 0 amide bonds. The summed E-state index contributed by atoms with van der Waals surface area (Å²) in [7, 11) is 0. The van der Waals surface area contributed by atoms with Crippen LogP contribution in [0.5, 0.6) is 0 Å². The van der Waals surface area contributed by atoms with E-state index >= 15 is 0 Å². The van der Waals surface area contributed by atoms with E-state index < -0.39 is 0 Å². The van der Waals surface area contributed by atoms with Crippen LogP contribution < -0.4 is 9.97 Å². The Morgan fingerprint density at radius 1 is 0.421 bits per heavy atom. The molecule has 0 spiro atoms. The van der Waals surface area contributed by atoms with Gasteiger partial charge in [-0.3, -0.25) is 0 Å². The SMILES string of the molecule is CCCCCCc1ccc(-c2ccc(-c3cccc4c5nc6nc(nc7[n-]c(nc8nc(nc([n-]5)c34)-c3ccccc3-8)c3ccccc73)-c3ccccc3-6)s2)s1.[Zn+2]. The van der Waals surface area contributed by atoms with Crippen LogP contribution in [-0.2, 0) is 25.9 Å². The first-order chi connectivity index (χ1) is 27.7.